The summed E-state index contributed by atoms with van der Waals surface area (Å²) in [5, 5.41) is 1.40. The first-order valence-electron chi connectivity index (χ1n) is 4.50. The molecule has 0 saturated heterocycles. The molecular weight excluding hydrogens is 214 g/mol. The molecule has 0 bridgehead atoms. The Hall–Kier alpha value is -1.48. The van der Waals surface area contributed by atoms with Gasteiger partial charge >= 0.3 is 5.97 Å². The summed E-state index contributed by atoms with van der Waals surface area (Å²) in [5.74, 6) is -0.346. The smallest absolute Gasteiger partial charge is 0.340 e. The topological polar surface area (TPSA) is 42.1 Å². The molecule has 0 amide bonds. The molecule has 1 heterocycles. The standard InChI is InChI=1S/C11H10ClNO2/c1-6-9(11(14)15-2)7-4-3-5-8(12)10(7)13-6/h3-5,13H,1-2H3. The number of aryl methyl sites for hydroxylation is 1. The van der Waals surface area contributed by atoms with Crippen molar-refractivity contribution in [3.05, 3.63) is 34.5 Å². The zero-order chi connectivity index (χ0) is 11.0. The monoisotopic (exact) mass is 223 g/mol. The van der Waals surface area contributed by atoms with Crippen LogP contribution in [0.25, 0.3) is 10.9 Å². The highest BCUT2D eigenvalue weighted by Gasteiger charge is 2.17. The van der Waals surface area contributed by atoms with E-state index in [0.29, 0.717) is 10.6 Å². The van der Waals surface area contributed by atoms with E-state index < -0.39 is 0 Å². The van der Waals surface area contributed by atoms with Crippen molar-refractivity contribution in [2.75, 3.05) is 7.11 Å². The van der Waals surface area contributed by atoms with Crippen LogP contribution in [0.15, 0.2) is 18.2 Å². The average molecular weight is 224 g/mol. The maximum Gasteiger partial charge on any atom is 0.340 e. The first-order chi connectivity index (χ1) is 7.15. The Morgan fingerprint density at radius 1 is 1.47 bits per heavy atom. The molecule has 1 N–H and O–H groups in total. The van der Waals surface area contributed by atoms with Gasteiger partial charge in [-0.15, -0.1) is 0 Å². The Morgan fingerprint density at radius 3 is 2.87 bits per heavy atom. The van der Waals surface area contributed by atoms with Crippen molar-refractivity contribution < 1.29 is 9.53 Å². The summed E-state index contributed by atoms with van der Waals surface area (Å²) in [4.78, 5) is 14.6. The number of aromatic nitrogens is 1. The minimum Gasteiger partial charge on any atom is -0.465 e. The number of esters is 1. The van der Waals surface area contributed by atoms with Gasteiger partial charge in [0.15, 0.2) is 0 Å². The van der Waals surface area contributed by atoms with E-state index in [1.165, 1.54) is 7.11 Å². The molecule has 78 valence electrons. The van der Waals surface area contributed by atoms with E-state index in [4.69, 9.17) is 16.3 Å². The molecule has 15 heavy (non-hydrogen) atoms. The van der Waals surface area contributed by atoms with Crippen molar-refractivity contribution in [3.8, 4) is 0 Å². The van der Waals surface area contributed by atoms with Gasteiger partial charge in [-0.1, -0.05) is 23.7 Å². The van der Waals surface area contributed by atoms with E-state index in [2.05, 4.69) is 4.98 Å². The highest BCUT2D eigenvalue weighted by molar-refractivity contribution is 6.35. The van der Waals surface area contributed by atoms with Crippen LogP contribution >= 0.6 is 11.6 Å². The molecule has 0 radical (unpaired) electrons. The fraction of sp³-hybridized carbons (Fsp3) is 0.182. The van der Waals surface area contributed by atoms with Crippen LogP contribution in [0.1, 0.15) is 16.1 Å². The summed E-state index contributed by atoms with van der Waals surface area (Å²) in [5.41, 5.74) is 2.09. The molecule has 0 saturated carbocycles. The van der Waals surface area contributed by atoms with Gasteiger partial charge in [0.05, 0.1) is 23.2 Å². The van der Waals surface area contributed by atoms with Crippen molar-refractivity contribution in [2.45, 2.75) is 6.92 Å². The largest absolute Gasteiger partial charge is 0.465 e. The lowest BCUT2D eigenvalue weighted by molar-refractivity contribution is 0.0602. The predicted octanol–water partition coefficient (Wildman–Crippen LogP) is 2.92. The molecule has 0 fully saturated rings. The number of rotatable bonds is 1. The zero-order valence-corrected chi connectivity index (χ0v) is 9.18. The molecule has 3 nitrogen and oxygen atoms in total. The van der Waals surface area contributed by atoms with E-state index in [-0.39, 0.29) is 5.97 Å². The van der Waals surface area contributed by atoms with Crippen LogP contribution in [0.2, 0.25) is 5.02 Å². The second-order valence-electron chi connectivity index (χ2n) is 3.28. The van der Waals surface area contributed by atoms with Gasteiger partial charge < -0.3 is 9.72 Å². The van der Waals surface area contributed by atoms with Crippen molar-refractivity contribution in [1.82, 2.24) is 4.98 Å². The first-order valence-corrected chi connectivity index (χ1v) is 4.88. The fourth-order valence-corrected chi connectivity index (χ4v) is 1.90. The summed E-state index contributed by atoms with van der Waals surface area (Å²) in [6, 6.07) is 5.43. The van der Waals surface area contributed by atoms with Crippen LogP contribution in [-0.4, -0.2) is 18.1 Å². The summed E-state index contributed by atoms with van der Waals surface area (Å²) >= 11 is 6.01. The molecule has 1 aromatic carbocycles. The van der Waals surface area contributed by atoms with Crippen LogP contribution in [0.4, 0.5) is 0 Å². The van der Waals surface area contributed by atoms with Crippen molar-refractivity contribution >= 4 is 28.5 Å². The Morgan fingerprint density at radius 2 is 2.20 bits per heavy atom. The van der Waals surface area contributed by atoms with E-state index in [1.54, 1.807) is 6.07 Å². The van der Waals surface area contributed by atoms with Crippen LogP contribution in [-0.2, 0) is 4.74 Å². The van der Waals surface area contributed by atoms with Gasteiger partial charge in [0, 0.05) is 11.1 Å². The van der Waals surface area contributed by atoms with Gasteiger partial charge in [0.2, 0.25) is 0 Å². The van der Waals surface area contributed by atoms with Gasteiger partial charge in [0.25, 0.3) is 0 Å². The summed E-state index contributed by atoms with van der Waals surface area (Å²) in [7, 11) is 1.37. The number of nitrogens with one attached hydrogen (secondary N) is 1. The molecule has 0 spiro atoms. The number of methoxy groups -OCH3 is 1. The lowest BCUT2D eigenvalue weighted by Crippen LogP contribution is -2.01. The Bertz CT molecular complexity index is 531. The number of hydrogen-bond acceptors (Lipinski definition) is 2. The quantitative estimate of drug-likeness (QED) is 0.756. The van der Waals surface area contributed by atoms with E-state index in [1.807, 2.05) is 19.1 Å². The SMILES string of the molecule is COC(=O)c1c(C)[nH]c2c(Cl)cccc12. The van der Waals surface area contributed by atoms with Crippen molar-refractivity contribution in [2.24, 2.45) is 0 Å². The first kappa shape index (κ1) is 10.1. The Labute approximate surface area is 92.0 Å². The number of carbonyl (C=O) groups excluding carboxylic acids is 1. The summed E-state index contributed by atoms with van der Waals surface area (Å²) in [6.07, 6.45) is 0. The van der Waals surface area contributed by atoms with Crippen molar-refractivity contribution in [1.29, 1.82) is 0 Å². The number of para-hydroxylation sites is 1. The maximum atomic E-state index is 11.5. The van der Waals surface area contributed by atoms with Gasteiger partial charge in [-0.25, -0.2) is 4.79 Å². The number of benzene rings is 1. The average Bonchev–Trinajstić information content (AvgIpc) is 2.55. The molecule has 2 aromatic rings. The number of fused-ring (bicyclic) bond motifs is 1. The fourth-order valence-electron chi connectivity index (χ4n) is 1.68. The molecule has 0 aliphatic carbocycles. The number of ether oxygens (including phenoxy) is 1. The van der Waals surface area contributed by atoms with Gasteiger partial charge in [-0.05, 0) is 13.0 Å². The van der Waals surface area contributed by atoms with Crippen LogP contribution in [0, 0.1) is 6.92 Å². The maximum absolute atomic E-state index is 11.5. The van der Waals surface area contributed by atoms with Gasteiger partial charge in [0.1, 0.15) is 0 Å². The number of aromatic amines is 1. The number of carbonyl (C=O) groups is 1. The molecule has 1 aromatic heterocycles. The third-order valence-corrected chi connectivity index (χ3v) is 2.67. The van der Waals surface area contributed by atoms with Crippen LogP contribution in [0.5, 0.6) is 0 Å². The van der Waals surface area contributed by atoms with Crippen LogP contribution < -0.4 is 0 Å². The lowest BCUT2D eigenvalue weighted by Gasteiger charge is -1.98. The second-order valence-corrected chi connectivity index (χ2v) is 3.69. The minimum absolute atomic E-state index is 0.346. The van der Waals surface area contributed by atoms with E-state index in [9.17, 15) is 4.79 Å². The summed E-state index contributed by atoms with van der Waals surface area (Å²) < 4.78 is 4.72. The number of hydrogen-bond donors (Lipinski definition) is 1. The molecule has 0 unspecified atom stereocenters. The zero-order valence-electron chi connectivity index (χ0n) is 8.43. The minimum atomic E-state index is -0.346. The molecule has 0 aliphatic rings. The molecule has 2 rings (SSSR count). The number of halogens is 1. The van der Waals surface area contributed by atoms with Gasteiger partial charge in [-0.3, -0.25) is 0 Å². The normalized spacial score (nSPS) is 10.6. The lowest BCUT2D eigenvalue weighted by atomic mass is 10.1. The molecular formula is C11H10ClNO2. The predicted molar refractivity (Wildman–Crippen MR) is 59.4 cm³/mol. The molecule has 4 heteroatoms. The summed E-state index contributed by atoms with van der Waals surface area (Å²) in [6.45, 7) is 1.82. The third kappa shape index (κ3) is 1.49. The Kier molecular flexibility index (Phi) is 2.40. The molecule has 0 atom stereocenters. The highest BCUT2D eigenvalue weighted by Crippen LogP contribution is 2.28. The van der Waals surface area contributed by atoms with Crippen LogP contribution in [0.3, 0.4) is 0 Å². The second kappa shape index (κ2) is 3.59. The Balaban J connectivity index is 2.79. The van der Waals surface area contributed by atoms with E-state index >= 15 is 0 Å². The third-order valence-electron chi connectivity index (χ3n) is 2.36. The van der Waals surface area contributed by atoms with Gasteiger partial charge in [-0.2, -0.15) is 0 Å². The highest BCUT2D eigenvalue weighted by atomic mass is 35.5. The molecule has 0 aliphatic heterocycles. The number of H-pyrrole nitrogens is 1. The van der Waals surface area contributed by atoms with Crippen molar-refractivity contribution in [3.63, 3.8) is 0 Å². The van der Waals surface area contributed by atoms with E-state index in [0.717, 1.165) is 16.6 Å².